The lowest BCUT2D eigenvalue weighted by Gasteiger charge is -2.07. The van der Waals surface area contributed by atoms with Gasteiger partial charge in [-0.3, -0.25) is 9.78 Å². The molecule has 0 aliphatic carbocycles. The first kappa shape index (κ1) is 18.7. The van der Waals surface area contributed by atoms with Gasteiger partial charge in [0.05, 0.1) is 12.2 Å². The van der Waals surface area contributed by atoms with Gasteiger partial charge >= 0.3 is 0 Å². The second-order valence-corrected chi connectivity index (χ2v) is 7.06. The van der Waals surface area contributed by atoms with Crippen molar-refractivity contribution in [3.05, 3.63) is 109 Å². The average Bonchev–Trinajstić information content (AvgIpc) is 3.45. The summed E-state index contributed by atoms with van der Waals surface area (Å²) in [5, 5.41) is 7.27. The highest BCUT2D eigenvalue weighted by molar-refractivity contribution is 5.92. The number of fused-ring (bicyclic) bond motifs is 1. The predicted octanol–water partition coefficient (Wildman–Crippen LogP) is 4.26. The molecule has 0 spiro atoms. The number of amides is 1. The third-order valence-electron chi connectivity index (χ3n) is 5.02. The van der Waals surface area contributed by atoms with Crippen molar-refractivity contribution < 1.29 is 9.18 Å². The van der Waals surface area contributed by atoms with E-state index in [1.165, 1.54) is 12.1 Å². The van der Waals surface area contributed by atoms with Crippen molar-refractivity contribution in [1.29, 1.82) is 0 Å². The van der Waals surface area contributed by atoms with E-state index in [0.717, 1.165) is 28.2 Å². The van der Waals surface area contributed by atoms with Crippen LogP contribution in [0.25, 0.3) is 22.5 Å². The molecule has 152 valence electrons. The van der Waals surface area contributed by atoms with E-state index in [1.807, 2.05) is 53.1 Å². The number of aromatic nitrogens is 4. The highest BCUT2D eigenvalue weighted by Crippen LogP contribution is 2.23. The van der Waals surface area contributed by atoms with E-state index in [1.54, 1.807) is 35.3 Å². The molecule has 0 aliphatic rings. The van der Waals surface area contributed by atoms with Crippen LogP contribution < -0.4 is 5.32 Å². The maximum Gasteiger partial charge on any atom is 0.272 e. The SMILES string of the molecule is O=C(NCc1ccccn1)c1ccn(-c2ccc3ccc(-c4ccc(F)cc4)cn23)n1. The smallest absolute Gasteiger partial charge is 0.272 e. The first-order chi connectivity index (χ1) is 15.2. The van der Waals surface area contributed by atoms with Crippen LogP contribution in [0, 0.1) is 5.82 Å². The van der Waals surface area contributed by atoms with Crippen molar-refractivity contribution in [2.75, 3.05) is 0 Å². The molecule has 31 heavy (non-hydrogen) atoms. The Morgan fingerprint density at radius 2 is 1.74 bits per heavy atom. The number of pyridine rings is 2. The van der Waals surface area contributed by atoms with Crippen molar-refractivity contribution >= 4 is 11.4 Å². The molecule has 5 rings (SSSR count). The number of hydrogen-bond donors (Lipinski definition) is 1. The summed E-state index contributed by atoms with van der Waals surface area (Å²) in [6, 6.07) is 21.5. The number of benzene rings is 1. The van der Waals surface area contributed by atoms with Gasteiger partial charge in [0, 0.05) is 24.1 Å². The highest BCUT2D eigenvalue weighted by atomic mass is 19.1. The van der Waals surface area contributed by atoms with Gasteiger partial charge in [-0.2, -0.15) is 5.10 Å². The third-order valence-corrected chi connectivity index (χ3v) is 5.02. The van der Waals surface area contributed by atoms with Crippen molar-refractivity contribution in [3.8, 4) is 16.9 Å². The summed E-state index contributed by atoms with van der Waals surface area (Å²) in [5.41, 5.74) is 3.95. The van der Waals surface area contributed by atoms with Gasteiger partial charge < -0.3 is 9.72 Å². The van der Waals surface area contributed by atoms with Crippen LogP contribution in [0.1, 0.15) is 16.2 Å². The molecule has 1 aromatic carbocycles. The fraction of sp³-hybridized carbons (Fsp3) is 0.0417. The minimum atomic E-state index is -0.267. The zero-order chi connectivity index (χ0) is 21.2. The van der Waals surface area contributed by atoms with Crippen molar-refractivity contribution in [3.63, 3.8) is 0 Å². The molecule has 0 bridgehead atoms. The molecule has 4 aromatic heterocycles. The number of hydrogen-bond acceptors (Lipinski definition) is 3. The highest BCUT2D eigenvalue weighted by Gasteiger charge is 2.12. The minimum absolute atomic E-state index is 0.266. The van der Waals surface area contributed by atoms with E-state index >= 15 is 0 Å². The van der Waals surface area contributed by atoms with Crippen molar-refractivity contribution in [1.82, 2.24) is 24.5 Å². The van der Waals surface area contributed by atoms with Crippen LogP contribution in [0.15, 0.2) is 91.4 Å². The number of rotatable bonds is 5. The van der Waals surface area contributed by atoms with Crippen LogP contribution in [-0.4, -0.2) is 25.1 Å². The molecule has 0 atom stereocenters. The van der Waals surface area contributed by atoms with Gasteiger partial charge in [-0.15, -0.1) is 0 Å². The predicted molar refractivity (Wildman–Crippen MR) is 115 cm³/mol. The fourth-order valence-corrected chi connectivity index (χ4v) is 3.42. The summed E-state index contributed by atoms with van der Waals surface area (Å²) < 4.78 is 16.9. The molecule has 1 N–H and O–H groups in total. The molecule has 1 amide bonds. The van der Waals surface area contributed by atoms with Crippen LogP contribution >= 0.6 is 0 Å². The molecule has 0 aliphatic heterocycles. The van der Waals surface area contributed by atoms with Gasteiger partial charge in [0.2, 0.25) is 0 Å². The van der Waals surface area contributed by atoms with Crippen molar-refractivity contribution in [2.24, 2.45) is 0 Å². The summed E-state index contributed by atoms with van der Waals surface area (Å²) in [6.07, 6.45) is 5.41. The van der Waals surface area contributed by atoms with Crippen LogP contribution in [0.4, 0.5) is 4.39 Å². The van der Waals surface area contributed by atoms with E-state index in [-0.39, 0.29) is 11.7 Å². The second kappa shape index (κ2) is 7.87. The molecule has 0 fully saturated rings. The van der Waals surface area contributed by atoms with Gasteiger partial charge in [0.1, 0.15) is 11.6 Å². The summed E-state index contributed by atoms with van der Waals surface area (Å²) in [4.78, 5) is 16.7. The van der Waals surface area contributed by atoms with E-state index in [2.05, 4.69) is 15.4 Å². The monoisotopic (exact) mass is 411 g/mol. The summed E-state index contributed by atoms with van der Waals surface area (Å²) >= 11 is 0. The molecule has 0 radical (unpaired) electrons. The lowest BCUT2D eigenvalue weighted by Crippen LogP contribution is -2.23. The molecule has 0 saturated heterocycles. The van der Waals surface area contributed by atoms with Gasteiger partial charge in [0.15, 0.2) is 5.69 Å². The average molecular weight is 411 g/mol. The summed E-state index contributed by atoms with van der Waals surface area (Å²) in [6.45, 7) is 0.335. The Morgan fingerprint density at radius 3 is 2.55 bits per heavy atom. The number of carbonyl (C=O) groups is 1. The Balaban J connectivity index is 1.41. The fourth-order valence-electron chi connectivity index (χ4n) is 3.42. The lowest BCUT2D eigenvalue weighted by atomic mass is 10.1. The summed E-state index contributed by atoms with van der Waals surface area (Å²) in [5.74, 6) is 0.261. The second-order valence-electron chi connectivity index (χ2n) is 7.06. The molecule has 6 nitrogen and oxygen atoms in total. The Morgan fingerprint density at radius 1 is 0.935 bits per heavy atom. The Bertz CT molecular complexity index is 1360. The molecule has 0 saturated carbocycles. The van der Waals surface area contributed by atoms with Crippen LogP contribution in [0.2, 0.25) is 0 Å². The van der Waals surface area contributed by atoms with E-state index in [9.17, 15) is 9.18 Å². The third kappa shape index (κ3) is 3.81. The molecule has 4 heterocycles. The largest absolute Gasteiger partial charge is 0.345 e. The molecule has 5 aromatic rings. The number of carbonyl (C=O) groups excluding carboxylic acids is 1. The van der Waals surface area contributed by atoms with Gasteiger partial charge in [-0.05, 0) is 59.7 Å². The Hall–Kier alpha value is -4.26. The number of halogens is 1. The van der Waals surface area contributed by atoms with E-state index in [0.29, 0.717) is 12.2 Å². The first-order valence-corrected chi connectivity index (χ1v) is 9.78. The molecular weight excluding hydrogens is 393 g/mol. The Labute approximate surface area is 177 Å². The normalized spacial score (nSPS) is 11.0. The zero-order valence-corrected chi connectivity index (χ0v) is 16.4. The summed E-state index contributed by atoms with van der Waals surface area (Å²) in [7, 11) is 0. The zero-order valence-electron chi connectivity index (χ0n) is 16.4. The quantitative estimate of drug-likeness (QED) is 0.470. The lowest BCUT2D eigenvalue weighted by molar-refractivity contribution is 0.0945. The van der Waals surface area contributed by atoms with E-state index in [4.69, 9.17) is 0 Å². The maximum absolute atomic E-state index is 13.3. The Kier molecular flexibility index (Phi) is 4.76. The molecule has 7 heteroatoms. The minimum Gasteiger partial charge on any atom is -0.345 e. The van der Waals surface area contributed by atoms with Crippen LogP contribution in [0.5, 0.6) is 0 Å². The van der Waals surface area contributed by atoms with Gasteiger partial charge in [0.25, 0.3) is 5.91 Å². The van der Waals surface area contributed by atoms with Crippen molar-refractivity contribution in [2.45, 2.75) is 6.54 Å². The van der Waals surface area contributed by atoms with Crippen LogP contribution in [0.3, 0.4) is 0 Å². The topological polar surface area (TPSA) is 64.2 Å². The molecular formula is C24H18FN5O. The van der Waals surface area contributed by atoms with E-state index < -0.39 is 0 Å². The van der Waals surface area contributed by atoms with Crippen LogP contribution in [-0.2, 0) is 6.54 Å². The number of nitrogens with zero attached hydrogens (tertiary/aromatic N) is 4. The standard InChI is InChI=1S/C24H18FN5O/c25-19-7-4-17(5-8-19)18-6-9-21-10-11-23(29(21)16-18)30-14-12-22(28-30)24(31)27-15-20-3-1-2-13-26-20/h1-14,16H,15H2,(H,27,31). The van der Waals surface area contributed by atoms with Gasteiger partial charge in [-0.1, -0.05) is 24.3 Å². The van der Waals surface area contributed by atoms with Gasteiger partial charge in [-0.25, -0.2) is 9.07 Å². The first-order valence-electron chi connectivity index (χ1n) is 9.78. The maximum atomic E-state index is 13.3. The molecule has 0 unspecified atom stereocenters. The number of nitrogens with one attached hydrogen (secondary N) is 1.